The molecule has 0 radical (unpaired) electrons. The SMILES string of the molecule is CC(C)N(C(=O)O)C(c1ccc(OC(F)(F)F)c(F)c1)c1ncccc1F. The summed E-state index contributed by atoms with van der Waals surface area (Å²) in [5.74, 6) is -3.30. The van der Waals surface area contributed by atoms with Crippen LogP contribution in [0.2, 0.25) is 0 Å². The molecule has 1 heterocycles. The van der Waals surface area contributed by atoms with Crippen molar-refractivity contribution in [3.05, 3.63) is 59.4 Å². The van der Waals surface area contributed by atoms with Gasteiger partial charge in [0.2, 0.25) is 0 Å². The van der Waals surface area contributed by atoms with E-state index in [1.807, 2.05) is 0 Å². The molecular weight excluding hydrogens is 375 g/mol. The maximum atomic E-state index is 14.3. The molecule has 0 saturated heterocycles. The van der Waals surface area contributed by atoms with Crippen molar-refractivity contribution in [2.24, 2.45) is 0 Å². The van der Waals surface area contributed by atoms with E-state index in [2.05, 4.69) is 9.72 Å². The van der Waals surface area contributed by atoms with Crippen molar-refractivity contribution >= 4 is 6.09 Å². The molecule has 10 heteroatoms. The van der Waals surface area contributed by atoms with Crippen LogP contribution >= 0.6 is 0 Å². The van der Waals surface area contributed by atoms with Crippen molar-refractivity contribution in [3.63, 3.8) is 0 Å². The Labute approximate surface area is 151 Å². The maximum Gasteiger partial charge on any atom is 0.573 e. The third-order valence-corrected chi connectivity index (χ3v) is 3.60. The third-order valence-electron chi connectivity index (χ3n) is 3.60. The van der Waals surface area contributed by atoms with Crippen LogP contribution < -0.4 is 4.74 Å². The minimum absolute atomic E-state index is 0.101. The van der Waals surface area contributed by atoms with E-state index in [0.29, 0.717) is 12.1 Å². The molecule has 0 spiro atoms. The first kappa shape index (κ1) is 20.4. The Balaban J connectivity index is 2.59. The van der Waals surface area contributed by atoms with Gasteiger partial charge in [-0.1, -0.05) is 6.07 Å². The predicted octanol–water partition coefficient (Wildman–Crippen LogP) is 4.74. The van der Waals surface area contributed by atoms with E-state index >= 15 is 0 Å². The second kappa shape index (κ2) is 7.77. The van der Waals surface area contributed by atoms with Crippen LogP contribution in [0.25, 0.3) is 0 Å². The molecule has 0 aliphatic heterocycles. The summed E-state index contributed by atoms with van der Waals surface area (Å²) in [6.45, 7) is 3.03. The number of aromatic nitrogens is 1. The van der Waals surface area contributed by atoms with Gasteiger partial charge in [-0.25, -0.2) is 13.6 Å². The van der Waals surface area contributed by atoms with Crippen LogP contribution in [-0.2, 0) is 0 Å². The monoisotopic (exact) mass is 390 g/mol. The Morgan fingerprint density at radius 2 is 1.85 bits per heavy atom. The first-order valence-corrected chi connectivity index (χ1v) is 7.68. The first-order valence-electron chi connectivity index (χ1n) is 7.68. The Bertz CT molecular complexity index is 826. The minimum Gasteiger partial charge on any atom is -0.465 e. The summed E-state index contributed by atoms with van der Waals surface area (Å²) in [6.07, 6.45) is -5.31. The minimum atomic E-state index is -5.10. The van der Waals surface area contributed by atoms with E-state index < -0.39 is 41.9 Å². The molecule has 1 N–H and O–H groups in total. The van der Waals surface area contributed by atoms with Crippen LogP contribution in [0.1, 0.15) is 31.1 Å². The van der Waals surface area contributed by atoms with Gasteiger partial charge in [-0.2, -0.15) is 0 Å². The zero-order chi connectivity index (χ0) is 20.4. The molecule has 0 bridgehead atoms. The quantitative estimate of drug-likeness (QED) is 0.750. The second-order valence-electron chi connectivity index (χ2n) is 5.79. The van der Waals surface area contributed by atoms with Crippen molar-refractivity contribution in [1.82, 2.24) is 9.88 Å². The van der Waals surface area contributed by atoms with Gasteiger partial charge >= 0.3 is 12.5 Å². The number of carboxylic acid groups (broad SMARTS) is 1. The summed E-state index contributed by atoms with van der Waals surface area (Å²) in [4.78, 5) is 16.4. The number of halogens is 5. The molecule has 1 aromatic heterocycles. The molecule has 0 aliphatic carbocycles. The lowest BCUT2D eigenvalue weighted by Crippen LogP contribution is -2.40. The highest BCUT2D eigenvalue weighted by Crippen LogP contribution is 2.34. The predicted molar refractivity (Wildman–Crippen MR) is 84.1 cm³/mol. The van der Waals surface area contributed by atoms with Crippen molar-refractivity contribution in [1.29, 1.82) is 0 Å². The summed E-state index contributed by atoms with van der Waals surface area (Å²) in [5.41, 5.74) is -0.409. The highest BCUT2D eigenvalue weighted by atomic mass is 19.4. The van der Waals surface area contributed by atoms with Gasteiger partial charge in [0.05, 0.1) is 0 Å². The molecular formula is C17H15F5N2O3. The maximum absolute atomic E-state index is 14.3. The van der Waals surface area contributed by atoms with E-state index in [4.69, 9.17) is 0 Å². The van der Waals surface area contributed by atoms with Crippen LogP contribution in [0.5, 0.6) is 5.75 Å². The smallest absolute Gasteiger partial charge is 0.465 e. The lowest BCUT2D eigenvalue weighted by molar-refractivity contribution is -0.275. The number of benzene rings is 1. The van der Waals surface area contributed by atoms with Gasteiger partial charge in [0.25, 0.3) is 0 Å². The van der Waals surface area contributed by atoms with Crippen LogP contribution in [0.15, 0.2) is 36.5 Å². The number of alkyl halides is 3. The molecule has 0 fully saturated rings. The number of nitrogens with zero attached hydrogens (tertiary/aromatic N) is 2. The fourth-order valence-corrected chi connectivity index (χ4v) is 2.57. The van der Waals surface area contributed by atoms with Gasteiger partial charge in [0.15, 0.2) is 11.6 Å². The zero-order valence-corrected chi connectivity index (χ0v) is 14.2. The van der Waals surface area contributed by atoms with E-state index in [1.54, 1.807) is 0 Å². The van der Waals surface area contributed by atoms with Crippen molar-refractivity contribution in [2.45, 2.75) is 32.3 Å². The molecule has 1 unspecified atom stereocenters. The van der Waals surface area contributed by atoms with Crippen molar-refractivity contribution < 1.29 is 36.6 Å². The molecule has 1 amide bonds. The van der Waals surface area contributed by atoms with Gasteiger partial charge in [0, 0.05) is 12.2 Å². The van der Waals surface area contributed by atoms with Crippen molar-refractivity contribution in [3.8, 4) is 5.75 Å². The summed E-state index contributed by atoms with van der Waals surface area (Å²) >= 11 is 0. The lowest BCUT2D eigenvalue weighted by Gasteiger charge is -2.32. The molecule has 0 aliphatic rings. The summed E-state index contributed by atoms with van der Waals surface area (Å²) in [5, 5.41) is 9.51. The second-order valence-corrected chi connectivity index (χ2v) is 5.79. The van der Waals surface area contributed by atoms with E-state index in [0.717, 1.165) is 17.0 Å². The number of hydrogen-bond acceptors (Lipinski definition) is 3. The average molecular weight is 390 g/mol. The number of carbonyl (C=O) groups is 1. The number of ether oxygens (including phenoxy) is 1. The Morgan fingerprint density at radius 3 is 2.33 bits per heavy atom. The van der Waals surface area contributed by atoms with Gasteiger partial charge in [0.1, 0.15) is 17.6 Å². The van der Waals surface area contributed by atoms with Crippen LogP contribution in [0.4, 0.5) is 26.7 Å². The van der Waals surface area contributed by atoms with E-state index in [-0.39, 0.29) is 11.3 Å². The molecule has 2 rings (SSSR count). The highest BCUT2D eigenvalue weighted by Gasteiger charge is 2.35. The molecule has 1 aromatic carbocycles. The van der Waals surface area contributed by atoms with Crippen molar-refractivity contribution in [2.75, 3.05) is 0 Å². The first-order chi connectivity index (χ1) is 12.5. The molecule has 2 aromatic rings. The number of pyridine rings is 1. The third kappa shape index (κ3) is 4.83. The standard InChI is InChI=1S/C17H15F5N2O3/c1-9(2)24(16(25)26)15(14-11(18)4-3-7-23-14)10-5-6-13(12(19)8-10)27-17(20,21)22/h3-9,15H,1-2H3,(H,25,26). The van der Waals surface area contributed by atoms with Crippen LogP contribution in [0, 0.1) is 11.6 Å². The molecule has 1 atom stereocenters. The van der Waals surface area contributed by atoms with E-state index in [9.17, 15) is 31.9 Å². The molecule has 0 saturated carbocycles. The Morgan fingerprint density at radius 1 is 1.19 bits per heavy atom. The zero-order valence-electron chi connectivity index (χ0n) is 14.2. The molecule has 146 valence electrons. The Kier molecular flexibility index (Phi) is 5.87. The average Bonchev–Trinajstić information content (AvgIpc) is 2.53. The van der Waals surface area contributed by atoms with Gasteiger partial charge < -0.3 is 9.84 Å². The number of hydrogen-bond donors (Lipinski definition) is 1. The summed E-state index contributed by atoms with van der Waals surface area (Å²) in [6, 6.07) is 2.69. The normalized spacial score (nSPS) is 12.7. The fraction of sp³-hybridized carbons (Fsp3) is 0.294. The Hall–Kier alpha value is -2.91. The van der Waals surface area contributed by atoms with Gasteiger partial charge in [-0.3, -0.25) is 9.88 Å². The highest BCUT2D eigenvalue weighted by molar-refractivity contribution is 5.67. The van der Waals surface area contributed by atoms with Crippen LogP contribution in [0.3, 0.4) is 0 Å². The van der Waals surface area contributed by atoms with E-state index in [1.165, 1.54) is 26.1 Å². The van der Waals surface area contributed by atoms with Gasteiger partial charge in [-0.15, -0.1) is 13.2 Å². The molecule has 27 heavy (non-hydrogen) atoms. The number of amides is 1. The number of rotatable bonds is 5. The fourth-order valence-electron chi connectivity index (χ4n) is 2.57. The molecule has 5 nitrogen and oxygen atoms in total. The summed E-state index contributed by atoms with van der Waals surface area (Å²) in [7, 11) is 0. The summed E-state index contributed by atoms with van der Waals surface area (Å²) < 4.78 is 68.9. The lowest BCUT2D eigenvalue weighted by atomic mass is 9.99. The largest absolute Gasteiger partial charge is 0.573 e. The topological polar surface area (TPSA) is 62.7 Å². The van der Waals surface area contributed by atoms with Crippen LogP contribution in [-0.4, -0.2) is 33.5 Å². The van der Waals surface area contributed by atoms with Gasteiger partial charge in [-0.05, 0) is 43.7 Å².